The quantitative estimate of drug-likeness (QED) is 0.454. The zero-order chi connectivity index (χ0) is 3.54. The molecule has 0 fully saturated rings. The Kier molecular flexibility index (Phi) is 0.624. The number of aromatic nitrogens is 2. The molecule has 1 radical (unpaired) electrons. The predicted octanol–water partition coefficient (Wildman–Crippen LogP) is 0.338. The van der Waals surface area contributed by atoms with Crippen molar-refractivity contribution in [3.63, 3.8) is 0 Å². The topological polar surface area (TPSA) is 25.8 Å². The van der Waals surface area contributed by atoms with Crippen LogP contribution >= 0.6 is 11.5 Å². The summed E-state index contributed by atoms with van der Waals surface area (Å²) >= 11 is 1.30. The monoisotopic (exact) mass is 85.0 g/mol. The van der Waals surface area contributed by atoms with Crippen molar-refractivity contribution in [3.8, 4) is 0 Å². The van der Waals surface area contributed by atoms with Gasteiger partial charge in [-0.15, -0.1) is 0 Å². The Labute approximate surface area is 33.7 Å². The van der Waals surface area contributed by atoms with Crippen LogP contribution in [-0.2, 0) is 0 Å². The van der Waals surface area contributed by atoms with Gasteiger partial charge in [0, 0.05) is 0 Å². The van der Waals surface area contributed by atoms with Gasteiger partial charge in [-0.1, -0.05) is 0 Å². The van der Waals surface area contributed by atoms with Crippen molar-refractivity contribution in [1.82, 2.24) is 9.36 Å². The average molecular weight is 85.1 g/mol. The fourth-order valence-electron chi connectivity index (χ4n) is 0.118. The Morgan fingerprint density at radius 2 is 2.80 bits per heavy atom. The van der Waals surface area contributed by atoms with Crippen LogP contribution in [0.15, 0.2) is 5.51 Å². The third-order valence-electron chi connectivity index (χ3n) is 0.251. The van der Waals surface area contributed by atoms with Gasteiger partial charge in [0.15, 0.2) is 0 Å². The molecular weight excluding hydrogens is 84.1 g/mol. The number of rotatable bonds is 0. The van der Waals surface area contributed by atoms with Gasteiger partial charge in [-0.2, -0.15) is 4.37 Å². The molecule has 25 valence electrons. The molecule has 2 nitrogen and oxygen atoms in total. The van der Waals surface area contributed by atoms with E-state index < -0.39 is 0 Å². The number of hydrogen-bond acceptors (Lipinski definition) is 3. The smallest absolute Gasteiger partial charge is 0.211 e. The molecule has 0 saturated heterocycles. The Morgan fingerprint density at radius 3 is 3.00 bits per heavy atom. The highest BCUT2D eigenvalue weighted by Crippen LogP contribution is 1.76. The van der Waals surface area contributed by atoms with Crippen LogP contribution in [-0.4, -0.2) is 9.36 Å². The lowest BCUT2D eigenvalue weighted by molar-refractivity contribution is 1.31. The van der Waals surface area contributed by atoms with Gasteiger partial charge < -0.3 is 0 Å². The summed E-state index contributed by atoms with van der Waals surface area (Å²) in [6.07, 6.45) is 2.38. The molecule has 0 aliphatic carbocycles. The van der Waals surface area contributed by atoms with E-state index in [1.807, 2.05) is 0 Å². The first-order valence-electron chi connectivity index (χ1n) is 1.12. The Bertz CT molecular complexity index is 64.1. The maximum absolute atomic E-state index is 3.53. The van der Waals surface area contributed by atoms with Crippen LogP contribution in [0.5, 0.6) is 0 Å². The largest absolute Gasteiger partial charge is 0.220 e. The molecule has 0 aliphatic rings. The summed E-state index contributed by atoms with van der Waals surface area (Å²) in [4.78, 5) is 3.50. The van der Waals surface area contributed by atoms with E-state index in [1.165, 1.54) is 11.5 Å². The predicted molar refractivity (Wildman–Crippen MR) is 18.7 cm³/mol. The molecule has 0 spiro atoms. The zero-order valence-electron chi connectivity index (χ0n) is 2.38. The fraction of sp³-hybridized carbons (Fsp3) is 0. The van der Waals surface area contributed by atoms with E-state index in [2.05, 4.69) is 15.7 Å². The number of hydrogen-bond donors (Lipinski definition) is 0. The lowest BCUT2D eigenvalue weighted by Gasteiger charge is -1.35. The standard InChI is InChI=1S/C2HN2S/c1-3-2-5-4-1/h2H. The van der Waals surface area contributed by atoms with Crippen LogP contribution in [0.3, 0.4) is 0 Å². The van der Waals surface area contributed by atoms with Gasteiger partial charge in [0.2, 0.25) is 6.33 Å². The summed E-state index contributed by atoms with van der Waals surface area (Å²) in [7, 11) is 0. The van der Waals surface area contributed by atoms with E-state index in [-0.39, 0.29) is 0 Å². The molecule has 0 aliphatic heterocycles. The molecule has 0 N–H and O–H groups in total. The van der Waals surface area contributed by atoms with E-state index in [0.717, 1.165) is 0 Å². The second-order valence-corrected chi connectivity index (χ2v) is 1.14. The molecule has 0 atom stereocenters. The molecule has 1 aromatic heterocycles. The second-order valence-electron chi connectivity index (χ2n) is 0.531. The van der Waals surface area contributed by atoms with E-state index >= 15 is 0 Å². The lowest BCUT2D eigenvalue weighted by atomic mass is 11.4. The van der Waals surface area contributed by atoms with Gasteiger partial charge >= 0.3 is 0 Å². The summed E-state index contributed by atoms with van der Waals surface area (Å²) < 4.78 is 3.53. The fourth-order valence-corrected chi connectivity index (χ4v) is 0.354. The molecule has 1 aromatic rings. The summed E-state index contributed by atoms with van der Waals surface area (Å²) in [5.41, 5.74) is 1.62. The molecule has 1 heterocycles. The van der Waals surface area contributed by atoms with Gasteiger partial charge in [0.05, 0.1) is 0 Å². The van der Waals surface area contributed by atoms with Crippen molar-refractivity contribution >= 4 is 11.5 Å². The molecule has 1 rings (SSSR count). The van der Waals surface area contributed by atoms with Crippen LogP contribution in [0.25, 0.3) is 0 Å². The Balaban J connectivity index is 3.13. The first kappa shape index (κ1) is 2.78. The summed E-state index contributed by atoms with van der Waals surface area (Å²) in [5, 5.41) is 0. The van der Waals surface area contributed by atoms with Crippen LogP contribution in [0, 0.1) is 6.33 Å². The van der Waals surface area contributed by atoms with Gasteiger partial charge in [-0.3, -0.25) is 0 Å². The molecule has 0 aromatic carbocycles. The highest BCUT2D eigenvalue weighted by Gasteiger charge is 1.62. The minimum atomic E-state index is 1.30. The Hall–Kier alpha value is -0.440. The van der Waals surface area contributed by atoms with Gasteiger partial charge in [0.1, 0.15) is 5.51 Å². The first-order chi connectivity index (χ1) is 2.50. The Morgan fingerprint density at radius 1 is 1.80 bits per heavy atom. The maximum Gasteiger partial charge on any atom is 0.211 e. The first-order valence-corrected chi connectivity index (χ1v) is 1.96. The third-order valence-corrected chi connectivity index (χ3v) is 0.638. The van der Waals surface area contributed by atoms with Crippen molar-refractivity contribution in [2.24, 2.45) is 0 Å². The van der Waals surface area contributed by atoms with Crippen LogP contribution in [0.2, 0.25) is 0 Å². The van der Waals surface area contributed by atoms with Crippen molar-refractivity contribution in [2.75, 3.05) is 0 Å². The van der Waals surface area contributed by atoms with Crippen molar-refractivity contribution in [1.29, 1.82) is 0 Å². The molecule has 0 unspecified atom stereocenters. The second kappa shape index (κ2) is 1.12. The molecule has 0 saturated carbocycles. The van der Waals surface area contributed by atoms with E-state index in [4.69, 9.17) is 0 Å². The normalized spacial score (nSPS) is 8.00. The molecule has 0 bridgehead atoms. The van der Waals surface area contributed by atoms with Crippen LogP contribution < -0.4 is 0 Å². The van der Waals surface area contributed by atoms with E-state index in [1.54, 1.807) is 5.51 Å². The molecular formula is C2HN2S. The van der Waals surface area contributed by atoms with Crippen LogP contribution in [0.1, 0.15) is 0 Å². The van der Waals surface area contributed by atoms with E-state index in [0.29, 0.717) is 0 Å². The summed E-state index contributed by atoms with van der Waals surface area (Å²) in [5.74, 6) is 0. The average Bonchev–Trinajstić information content (AvgIpc) is 1.76. The van der Waals surface area contributed by atoms with Gasteiger partial charge in [0.25, 0.3) is 0 Å². The van der Waals surface area contributed by atoms with Gasteiger partial charge in [-0.25, -0.2) is 4.98 Å². The minimum Gasteiger partial charge on any atom is -0.220 e. The maximum atomic E-state index is 3.53. The summed E-state index contributed by atoms with van der Waals surface area (Å²) in [6.45, 7) is 0. The molecule has 5 heavy (non-hydrogen) atoms. The van der Waals surface area contributed by atoms with E-state index in [9.17, 15) is 0 Å². The van der Waals surface area contributed by atoms with Crippen molar-refractivity contribution < 1.29 is 0 Å². The van der Waals surface area contributed by atoms with Crippen LogP contribution in [0.4, 0.5) is 0 Å². The van der Waals surface area contributed by atoms with Gasteiger partial charge in [-0.05, 0) is 11.5 Å². The minimum absolute atomic E-state index is 1.30. The number of nitrogens with zero attached hydrogens (tertiary/aromatic N) is 2. The SMILES string of the molecule is [c]1ncsn1. The zero-order valence-corrected chi connectivity index (χ0v) is 3.20. The summed E-state index contributed by atoms with van der Waals surface area (Å²) in [6, 6.07) is 0. The highest BCUT2D eigenvalue weighted by molar-refractivity contribution is 7.03. The molecule has 0 amide bonds. The van der Waals surface area contributed by atoms with Crippen molar-refractivity contribution in [2.45, 2.75) is 0 Å². The lowest BCUT2D eigenvalue weighted by Crippen LogP contribution is -1.45. The highest BCUT2D eigenvalue weighted by atomic mass is 32.1. The molecule has 3 heteroatoms. The third kappa shape index (κ3) is 0.417. The van der Waals surface area contributed by atoms with Crippen molar-refractivity contribution in [3.05, 3.63) is 11.8 Å².